The van der Waals surface area contributed by atoms with Gasteiger partial charge in [0.25, 0.3) is 0 Å². The summed E-state index contributed by atoms with van der Waals surface area (Å²) in [6.07, 6.45) is 0. The van der Waals surface area contributed by atoms with Crippen molar-refractivity contribution in [3.63, 3.8) is 0 Å². The molecule has 0 unspecified atom stereocenters. The average molecular weight is 296 g/mol. The summed E-state index contributed by atoms with van der Waals surface area (Å²) in [6.45, 7) is 3.61. The van der Waals surface area contributed by atoms with E-state index in [9.17, 15) is 10.2 Å². The Kier molecular flexibility index (Phi) is 3.09. The van der Waals surface area contributed by atoms with Crippen molar-refractivity contribution in [3.05, 3.63) is 42.5 Å². The first-order valence-electron chi connectivity index (χ1n) is 6.82. The highest BCUT2D eigenvalue weighted by Crippen LogP contribution is 2.41. The van der Waals surface area contributed by atoms with Crippen LogP contribution in [-0.4, -0.2) is 21.6 Å². The molecule has 0 saturated carbocycles. The minimum atomic E-state index is -0.813. The van der Waals surface area contributed by atoms with E-state index in [1.54, 1.807) is 55.1 Å². The van der Waals surface area contributed by atoms with Gasteiger partial charge < -0.3 is 10.2 Å². The minimum Gasteiger partial charge on any atom is -0.508 e. The molecule has 0 saturated heterocycles. The van der Waals surface area contributed by atoms with E-state index in [-0.39, 0.29) is 17.3 Å². The highest BCUT2D eigenvalue weighted by Gasteiger charge is 2.33. The quantitative estimate of drug-likeness (QED) is 0.740. The van der Waals surface area contributed by atoms with Crippen LogP contribution in [0.4, 0.5) is 17.1 Å². The Morgan fingerprint density at radius 1 is 1.00 bits per heavy atom. The minimum absolute atomic E-state index is 0.0922. The molecular weight excluding hydrogens is 280 g/mol. The molecule has 0 aliphatic carbocycles. The van der Waals surface area contributed by atoms with E-state index < -0.39 is 5.54 Å². The zero-order valence-corrected chi connectivity index (χ0v) is 12.3. The number of phenols is 2. The number of hydrogen-bond acceptors (Lipinski definition) is 5. The summed E-state index contributed by atoms with van der Waals surface area (Å²) in [4.78, 5) is 1.72. The summed E-state index contributed by atoms with van der Waals surface area (Å²) in [6, 6.07) is 11.3. The summed E-state index contributed by atoms with van der Waals surface area (Å²) in [5, 5.41) is 36.0. The molecule has 3 N–H and O–H groups in total. The van der Waals surface area contributed by atoms with Crippen LogP contribution < -0.4 is 4.90 Å². The largest absolute Gasteiger partial charge is 0.508 e. The fraction of sp³-hybridized carbons (Fsp3) is 0.188. The zero-order valence-electron chi connectivity index (χ0n) is 12.3. The third kappa shape index (κ3) is 2.28. The first-order valence-corrected chi connectivity index (χ1v) is 6.82. The van der Waals surface area contributed by atoms with Crippen molar-refractivity contribution in [3.8, 4) is 11.5 Å². The maximum Gasteiger partial charge on any atom is 0.135 e. The smallest absolute Gasteiger partial charge is 0.135 e. The van der Waals surface area contributed by atoms with Crippen molar-refractivity contribution < 1.29 is 10.2 Å². The number of benzene rings is 2. The molecule has 1 aliphatic heterocycles. The number of anilines is 2. The maximum atomic E-state index is 9.66. The van der Waals surface area contributed by atoms with E-state index in [0.29, 0.717) is 11.4 Å². The van der Waals surface area contributed by atoms with Crippen LogP contribution in [0.2, 0.25) is 0 Å². The summed E-state index contributed by atoms with van der Waals surface area (Å²) >= 11 is 0. The third-order valence-corrected chi connectivity index (χ3v) is 3.52. The summed E-state index contributed by atoms with van der Waals surface area (Å²) in [5.41, 5.74) is 1.05. The van der Waals surface area contributed by atoms with Crippen LogP contribution in [0.25, 0.3) is 0 Å². The van der Waals surface area contributed by atoms with Crippen LogP contribution in [0.3, 0.4) is 0 Å². The molecule has 0 amide bonds. The van der Waals surface area contributed by atoms with Crippen LogP contribution in [0.15, 0.2) is 52.7 Å². The van der Waals surface area contributed by atoms with Crippen molar-refractivity contribution in [1.29, 1.82) is 5.41 Å². The Morgan fingerprint density at radius 2 is 1.64 bits per heavy atom. The van der Waals surface area contributed by atoms with E-state index in [0.717, 1.165) is 5.69 Å². The molecule has 2 aromatic carbocycles. The molecule has 0 bridgehead atoms. The molecule has 2 aromatic rings. The number of fused-ring (bicyclic) bond motifs is 1. The number of nitrogens with one attached hydrogen (secondary N) is 1. The lowest BCUT2D eigenvalue weighted by molar-refractivity contribution is 0.475. The molecule has 1 aliphatic rings. The molecule has 112 valence electrons. The van der Waals surface area contributed by atoms with Crippen molar-refractivity contribution >= 4 is 22.9 Å². The number of rotatable bonds is 1. The van der Waals surface area contributed by atoms with Crippen LogP contribution in [0.1, 0.15) is 13.8 Å². The number of amidine groups is 1. The van der Waals surface area contributed by atoms with Crippen LogP contribution in [-0.2, 0) is 0 Å². The first-order chi connectivity index (χ1) is 10.4. The Balaban J connectivity index is 2.22. The standard InChI is InChI=1S/C16H16N4O2/c1-16(2)15(17)20(10-3-5-11(21)6-4-10)14-8-7-12(22)9-13(14)18-19-16/h3-9,17,21-22H,1-2H3. The molecule has 22 heavy (non-hydrogen) atoms. The predicted molar refractivity (Wildman–Crippen MR) is 84.7 cm³/mol. The van der Waals surface area contributed by atoms with Gasteiger partial charge in [0, 0.05) is 11.8 Å². The van der Waals surface area contributed by atoms with Crippen molar-refractivity contribution in [1.82, 2.24) is 0 Å². The second-order valence-corrected chi connectivity index (χ2v) is 5.63. The normalized spacial score (nSPS) is 16.3. The Bertz CT molecular complexity index is 766. The maximum absolute atomic E-state index is 9.66. The van der Waals surface area contributed by atoms with Gasteiger partial charge in [0.1, 0.15) is 28.6 Å². The molecule has 0 fully saturated rings. The lowest BCUT2D eigenvalue weighted by atomic mass is 10.0. The SMILES string of the molecule is CC1(C)N=Nc2cc(O)ccc2N(c2ccc(O)cc2)C1=N. The Labute approximate surface area is 127 Å². The average Bonchev–Trinajstić information content (AvgIpc) is 2.57. The van der Waals surface area contributed by atoms with Crippen molar-refractivity contribution in [2.75, 3.05) is 4.90 Å². The summed E-state index contributed by atoms with van der Waals surface area (Å²) in [5.74, 6) is 0.505. The van der Waals surface area contributed by atoms with Crippen LogP contribution >= 0.6 is 0 Å². The molecule has 6 nitrogen and oxygen atoms in total. The van der Waals surface area contributed by atoms with E-state index in [2.05, 4.69) is 10.2 Å². The van der Waals surface area contributed by atoms with E-state index in [4.69, 9.17) is 5.41 Å². The number of azo groups is 1. The van der Waals surface area contributed by atoms with Crippen LogP contribution in [0.5, 0.6) is 11.5 Å². The second-order valence-electron chi connectivity index (χ2n) is 5.63. The number of nitrogens with zero attached hydrogens (tertiary/aromatic N) is 3. The molecule has 6 heteroatoms. The molecule has 3 rings (SSSR count). The van der Waals surface area contributed by atoms with Gasteiger partial charge in [-0.2, -0.15) is 10.2 Å². The fourth-order valence-electron chi connectivity index (χ4n) is 2.27. The van der Waals surface area contributed by atoms with Gasteiger partial charge in [-0.25, -0.2) is 0 Å². The molecule has 0 atom stereocenters. The van der Waals surface area contributed by atoms with Gasteiger partial charge in [0.15, 0.2) is 0 Å². The number of hydrogen-bond donors (Lipinski definition) is 3. The second kappa shape index (κ2) is 4.84. The van der Waals surface area contributed by atoms with Gasteiger partial charge in [-0.1, -0.05) is 0 Å². The predicted octanol–water partition coefficient (Wildman–Crippen LogP) is 4.09. The van der Waals surface area contributed by atoms with Gasteiger partial charge in [-0.05, 0) is 50.2 Å². The Morgan fingerprint density at radius 3 is 2.32 bits per heavy atom. The summed E-state index contributed by atoms with van der Waals surface area (Å²) in [7, 11) is 0. The number of aromatic hydroxyl groups is 2. The lowest BCUT2D eigenvalue weighted by Crippen LogP contribution is -2.40. The molecule has 1 heterocycles. The molecular formula is C16H16N4O2. The third-order valence-electron chi connectivity index (χ3n) is 3.52. The van der Waals surface area contributed by atoms with E-state index >= 15 is 0 Å². The molecule has 0 aromatic heterocycles. The van der Waals surface area contributed by atoms with E-state index in [1.807, 2.05) is 0 Å². The van der Waals surface area contributed by atoms with Crippen molar-refractivity contribution in [2.24, 2.45) is 10.2 Å². The van der Waals surface area contributed by atoms with Gasteiger partial charge in [-0.3, -0.25) is 10.3 Å². The first kappa shape index (κ1) is 14.1. The topological polar surface area (TPSA) is 92.3 Å². The summed E-state index contributed by atoms with van der Waals surface area (Å²) < 4.78 is 0. The number of phenolic OH excluding ortho intramolecular Hbond substituents is 2. The molecule has 0 spiro atoms. The lowest BCUT2D eigenvalue weighted by Gasteiger charge is -2.30. The monoisotopic (exact) mass is 296 g/mol. The molecule has 0 radical (unpaired) electrons. The van der Waals surface area contributed by atoms with Gasteiger partial charge in [0.2, 0.25) is 0 Å². The van der Waals surface area contributed by atoms with Crippen LogP contribution in [0, 0.1) is 5.41 Å². The van der Waals surface area contributed by atoms with E-state index in [1.165, 1.54) is 6.07 Å². The highest BCUT2D eigenvalue weighted by atomic mass is 16.3. The fourth-order valence-corrected chi connectivity index (χ4v) is 2.27. The van der Waals surface area contributed by atoms with Gasteiger partial charge in [-0.15, -0.1) is 0 Å². The zero-order chi connectivity index (χ0) is 15.9. The van der Waals surface area contributed by atoms with Gasteiger partial charge in [0.05, 0.1) is 5.69 Å². The van der Waals surface area contributed by atoms with Crippen molar-refractivity contribution in [2.45, 2.75) is 19.4 Å². The highest BCUT2D eigenvalue weighted by molar-refractivity contribution is 6.09. The van der Waals surface area contributed by atoms with Gasteiger partial charge >= 0.3 is 0 Å². The Hall–Kier alpha value is -2.89.